The Labute approximate surface area is 212 Å². The fourth-order valence-electron chi connectivity index (χ4n) is 6.15. The molecule has 0 aromatic carbocycles. The molecule has 7 heteroatoms. The van der Waals surface area contributed by atoms with E-state index in [-0.39, 0.29) is 0 Å². The van der Waals surface area contributed by atoms with Crippen molar-refractivity contribution in [3.8, 4) is 22.4 Å². The first-order valence-electron chi connectivity index (χ1n) is 13.4. The number of H-pyrrole nitrogens is 1. The zero-order chi connectivity index (χ0) is 24.6. The molecular weight excluding hydrogens is 448 g/mol. The van der Waals surface area contributed by atoms with Crippen molar-refractivity contribution in [2.75, 3.05) is 32.8 Å². The average Bonchev–Trinajstić information content (AvgIpc) is 3.56. The zero-order valence-electron chi connectivity index (χ0n) is 21.6. The molecule has 2 aliphatic rings. The molecule has 0 saturated carbocycles. The number of fused-ring (bicyclic) bond motifs is 1. The van der Waals surface area contributed by atoms with E-state index < -0.39 is 0 Å². The van der Waals surface area contributed by atoms with E-state index in [1.165, 1.54) is 11.1 Å². The van der Waals surface area contributed by atoms with E-state index in [9.17, 15) is 0 Å². The van der Waals surface area contributed by atoms with Crippen molar-refractivity contribution in [3.05, 3.63) is 53.7 Å². The third-order valence-electron chi connectivity index (χ3n) is 8.20. The van der Waals surface area contributed by atoms with Crippen molar-refractivity contribution in [3.63, 3.8) is 0 Å². The molecule has 7 nitrogen and oxygen atoms in total. The summed E-state index contributed by atoms with van der Waals surface area (Å²) in [7, 11) is 0. The minimum Gasteiger partial charge on any atom is -0.381 e. The van der Waals surface area contributed by atoms with E-state index in [2.05, 4.69) is 59.9 Å². The lowest BCUT2D eigenvalue weighted by atomic mass is 9.87. The van der Waals surface area contributed by atoms with Gasteiger partial charge in [-0.3, -0.25) is 9.67 Å². The summed E-state index contributed by atoms with van der Waals surface area (Å²) in [6.45, 7) is 11.7. The maximum atomic E-state index is 5.58. The third-order valence-corrected chi connectivity index (χ3v) is 8.20. The highest BCUT2D eigenvalue weighted by atomic mass is 16.5. The van der Waals surface area contributed by atoms with Gasteiger partial charge in [0.2, 0.25) is 0 Å². The number of nitrogens with zero attached hydrogens (tertiary/aromatic N) is 5. The fraction of sp³-hybridized carbons (Fsp3) is 0.483. The molecule has 2 saturated heterocycles. The van der Waals surface area contributed by atoms with Gasteiger partial charge in [0.05, 0.1) is 17.9 Å². The molecule has 188 valence electrons. The van der Waals surface area contributed by atoms with Gasteiger partial charge in [0.25, 0.3) is 0 Å². The van der Waals surface area contributed by atoms with Crippen molar-refractivity contribution in [1.82, 2.24) is 29.6 Å². The van der Waals surface area contributed by atoms with Gasteiger partial charge < -0.3 is 14.6 Å². The van der Waals surface area contributed by atoms with E-state index in [0.29, 0.717) is 12.0 Å². The predicted molar refractivity (Wildman–Crippen MR) is 143 cm³/mol. The van der Waals surface area contributed by atoms with Gasteiger partial charge in [-0.25, -0.2) is 4.98 Å². The molecule has 2 aliphatic heterocycles. The van der Waals surface area contributed by atoms with Gasteiger partial charge in [0.1, 0.15) is 5.65 Å². The van der Waals surface area contributed by atoms with Crippen LogP contribution >= 0.6 is 0 Å². The molecule has 0 atom stereocenters. The first-order valence-corrected chi connectivity index (χ1v) is 13.4. The molecule has 4 aromatic rings. The lowest BCUT2D eigenvalue weighted by Crippen LogP contribution is -2.34. The SMILES string of the molecule is CCN1CCC(n2cc(-c3c[nH]c4ncc(-c5cc(C)c(C6CCOCC6)c(C)n5)cc34)cn2)CC1. The van der Waals surface area contributed by atoms with Crippen molar-refractivity contribution >= 4 is 11.0 Å². The molecule has 0 bridgehead atoms. The predicted octanol–water partition coefficient (Wildman–Crippen LogP) is 5.66. The summed E-state index contributed by atoms with van der Waals surface area (Å²) in [6, 6.07) is 4.93. The summed E-state index contributed by atoms with van der Waals surface area (Å²) in [5, 5.41) is 5.86. The van der Waals surface area contributed by atoms with Gasteiger partial charge in [-0.1, -0.05) is 6.92 Å². The number of hydrogen-bond acceptors (Lipinski definition) is 5. The monoisotopic (exact) mass is 484 g/mol. The van der Waals surface area contributed by atoms with Gasteiger partial charge >= 0.3 is 0 Å². The molecule has 0 radical (unpaired) electrons. The summed E-state index contributed by atoms with van der Waals surface area (Å²) in [4.78, 5) is 15.7. The van der Waals surface area contributed by atoms with Crippen LogP contribution in [0.5, 0.6) is 0 Å². The Balaban J connectivity index is 1.30. The van der Waals surface area contributed by atoms with Crippen LogP contribution in [0.1, 0.15) is 61.4 Å². The highest BCUT2D eigenvalue weighted by molar-refractivity contribution is 5.95. The van der Waals surface area contributed by atoms with Crippen molar-refractivity contribution < 1.29 is 4.74 Å². The number of nitrogens with one attached hydrogen (secondary N) is 1. The van der Waals surface area contributed by atoms with Crippen LogP contribution in [-0.2, 0) is 4.74 Å². The molecular formula is C29H36N6O. The number of rotatable bonds is 5. The van der Waals surface area contributed by atoms with Crippen LogP contribution in [-0.4, -0.2) is 62.5 Å². The number of aromatic nitrogens is 5. The Bertz CT molecular complexity index is 1330. The summed E-state index contributed by atoms with van der Waals surface area (Å²) in [6.07, 6.45) is 12.7. The molecule has 0 spiro atoms. The first-order chi connectivity index (χ1) is 17.6. The molecule has 36 heavy (non-hydrogen) atoms. The number of aryl methyl sites for hydroxylation is 2. The number of pyridine rings is 2. The normalized spacial score (nSPS) is 18.3. The van der Waals surface area contributed by atoms with Crippen LogP contribution < -0.4 is 0 Å². The molecule has 0 unspecified atom stereocenters. The lowest BCUT2D eigenvalue weighted by Gasteiger charge is -2.31. The molecule has 6 heterocycles. The Kier molecular flexibility index (Phi) is 6.36. The number of likely N-dealkylation sites (tertiary alicyclic amines) is 1. The van der Waals surface area contributed by atoms with Crippen LogP contribution in [0.25, 0.3) is 33.4 Å². The molecule has 4 aromatic heterocycles. The van der Waals surface area contributed by atoms with Gasteiger partial charge in [-0.05, 0) is 75.3 Å². The number of hydrogen-bond donors (Lipinski definition) is 1. The molecule has 2 fully saturated rings. The lowest BCUT2D eigenvalue weighted by molar-refractivity contribution is 0.0850. The van der Waals surface area contributed by atoms with Crippen LogP contribution in [0.4, 0.5) is 0 Å². The summed E-state index contributed by atoms with van der Waals surface area (Å²) in [5.41, 5.74) is 9.04. The first kappa shape index (κ1) is 23.4. The molecule has 0 aliphatic carbocycles. The van der Waals surface area contributed by atoms with Crippen LogP contribution in [0.2, 0.25) is 0 Å². The van der Waals surface area contributed by atoms with E-state index in [0.717, 1.165) is 97.6 Å². The average molecular weight is 485 g/mol. The van der Waals surface area contributed by atoms with E-state index in [1.54, 1.807) is 0 Å². The van der Waals surface area contributed by atoms with E-state index in [1.807, 2.05) is 12.4 Å². The van der Waals surface area contributed by atoms with Crippen molar-refractivity contribution in [1.29, 1.82) is 0 Å². The molecule has 1 N–H and O–H groups in total. The molecule has 0 amide bonds. The Hall–Kier alpha value is -3.03. The van der Waals surface area contributed by atoms with Crippen LogP contribution in [0.3, 0.4) is 0 Å². The zero-order valence-corrected chi connectivity index (χ0v) is 21.6. The highest BCUT2D eigenvalue weighted by Gasteiger charge is 2.23. The van der Waals surface area contributed by atoms with Gasteiger partial charge in [0, 0.05) is 72.7 Å². The molecule has 6 rings (SSSR count). The summed E-state index contributed by atoms with van der Waals surface area (Å²) in [5.74, 6) is 0.544. The van der Waals surface area contributed by atoms with Crippen LogP contribution in [0, 0.1) is 13.8 Å². The second-order valence-corrected chi connectivity index (χ2v) is 10.4. The highest BCUT2D eigenvalue weighted by Crippen LogP contribution is 2.35. The van der Waals surface area contributed by atoms with Crippen molar-refractivity contribution in [2.45, 2.75) is 58.4 Å². The third kappa shape index (κ3) is 4.35. The largest absolute Gasteiger partial charge is 0.381 e. The standard InChI is InChI=1S/C29H36N6O/c1-4-34-9-5-24(6-10-34)35-18-23(16-32-35)26-17-31-29-25(26)14-22(15-30-29)27-13-19(2)28(20(3)33-27)21-7-11-36-12-8-21/h13-18,21,24H,4-12H2,1-3H3,(H,30,31). The number of piperidine rings is 1. The minimum atomic E-state index is 0.477. The second-order valence-electron chi connectivity index (χ2n) is 10.4. The summed E-state index contributed by atoms with van der Waals surface area (Å²) < 4.78 is 7.75. The van der Waals surface area contributed by atoms with E-state index >= 15 is 0 Å². The van der Waals surface area contributed by atoms with Gasteiger partial charge in [0.15, 0.2) is 0 Å². The number of ether oxygens (including phenoxy) is 1. The van der Waals surface area contributed by atoms with Crippen LogP contribution in [0.15, 0.2) is 36.9 Å². The number of aromatic amines is 1. The Morgan fingerprint density at radius 3 is 2.58 bits per heavy atom. The fourth-order valence-corrected chi connectivity index (χ4v) is 6.15. The quantitative estimate of drug-likeness (QED) is 0.396. The van der Waals surface area contributed by atoms with Gasteiger partial charge in [-0.2, -0.15) is 5.10 Å². The smallest absolute Gasteiger partial charge is 0.137 e. The second kappa shape index (κ2) is 9.79. The van der Waals surface area contributed by atoms with Crippen molar-refractivity contribution in [2.24, 2.45) is 0 Å². The minimum absolute atomic E-state index is 0.477. The topological polar surface area (TPSA) is 71.9 Å². The van der Waals surface area contributed by atoms with E-state index in [4.69, 9.17) is 19.8 Å². The van der Waals surface area contributed by atoms with Gasteiger partial charge in [-0.15, -0.1) is 0 Å². The maximum Gasteiger partial charge on any atom is 0.137 e. The summed E-state index contributed by atoms with van der Waals surface area (Å²) >= 11 is 0. The Morgan fingerprint density at radius 1 is 1.03 bits per heavy atom. The Morgan fingerprint density at radius 2 is 1.83 bits per heavy atom. The maximum absolute atomic E-state index is 5.58.